The molecule has 0 aliphatic heterocycles. The number of aromatic nitrogens is 2. The van der Waals surface area contributed by atoms with Crippen molar-refractivity contribution in [3.05, 3.63) is 11.7 Å². The van der Waals surface area contributed by atoms with Crippen LogP contribution in [0.1, 0.15) is 37.0 Å². The Balaban J connectivity index is 2.33. The summed E-state index contributed by atoms with van der Waals surface area (Å²) in [6.07, 6.45) is 3.31. The van der Waals surface area contributed by atoms with Crippen LogP contribution in [0.4, 0.5) is 0 Å². The molecule has 2 N–H and O–H groups in total. The number of nitrogens with two attached hydrogens (primary N) is 1. The van der Waals surface area contributed by atoms with E-state index in [4.69, 9.17) is 19.7 Å². The van der Waals surface area contributed by atoms with Crippen LogP contribution in [0.2, 0.25) is 0 Å². The molecular weight excluding hydrogens is 222 g/mol. The van der Waals surface area contributed by atoms with Crippen LogP contribution in [0.5, 0.6) is 0 Å². The van der Waals surface area contributed by atoms with Crippen molar-refractivity contribution >= 4 is 0 Å². The fourth-order valence-corrected chi connectivity index (χ4v) is 1.47. The third-order valence-electron chi connectivity index (χ3n) is 2.41. The van der Waals surface area contributed by atoms with Gasteiger partial charge in [0.2, 0.25) is 5.89 Å². The molecular formula is C11H21N3O3. The fraction of sp³-hybridized carbons (Fsp3) is 0.818. The van der Waals surface area contributed by atoms with Crippen molar-refractivity contribution in [2.24, 2.45) is 5.73 Å². The van der Waals surface area contributed by atoms with Gasteiger partial charge in [-0.2, -0.15) is 4.98 Å². The van der Waals surface area contributed by atoms with E-state index in [0.717, 1.165) is 25.7 Å². The van der Waals surface area contributed by atoms with Gasteiger partial charge >= 0.3 is 0 Å². The van der Waals surface area contributed by atoms with Gasteiger partial charge in [0, 0.05) is 33.9 Å². The average Bonchev–Trinajstić information content (AvgIpc) is 2.78. The highest BCUT2D eigenvalue weighted by Gasteiger charge is 2.14. The molecule has 0 spiro atoms. The van der Waals surface area contributed by atoms with Crippen LogP contribution in [0.15, 0.2) is 4.52 Å². The molecule has 0 aliphatic rings. The van der Waals surface area contributed by atoms with Gasteiger partial charge in [-0.25, -0.2) is 0 Å². The number of rotatable bonds is 9. The monoisotopic (exact) mass is 243 g/mol. The van der Waals surface area contributed by atoms with Gasteiger partial charge < -0.3 is 19.7 Å². The molecule has 0 radical (unpaired) electrons. The third-order valence-corrected chi connectivity index (χ3v) is 2.41. The van der Waals surface area contributed by atoms with E-state index in [-0.39, 0.29) is 6.04 Å². The van der Waals surface area contributed by atoms with Crippen molar-refractivity contribution in [2.75, 3.05) is 27.4 Å². The summed E-state index contributed by atoms with van der Waals surface area (Å²) < 4.78 is 15.0. The highest BCUT2D eigenvalue weighted by molar-refractivity contribution is 4.91. The first-order valence-electron chi connectivity index (χ1n) is 5.84. The standard InChI is InChI=1S/C11H21N3O3/c1-15-7-3-5-9(12)11-13-10(14-17-11)6-4-8-16-2/h9H,3-8,12H2,1-2H3. The van der Waals surface area contributed by atoms with E-state index < -0.39 is 0 Å². The zero-order chi connectivity index (χ0) is 12.5. The number of nitrogens with zero attached hydrogens (tertiary/aromatic N) is 2. The van der Waals surface area contributed by atoms with E-state index in [1.54, 1.807) is 14.2 Å². The molecule has 0 amide bonds. The second-order valence-corrected chi connectivity index (χ2v) is 3.89. The number of hydrogen-bond donors (Lipinski definition) is 1. The van der Waals surface area contributed by atoms with Gasteiger partial charge in [-0.15, -0.1) is 0 Å². The first-order valence-corrected chi connectivity index (χ1v) is 5.84. The van der Waals surface area contributed by atoms with Crippen molar-refractivity contribution < 1.29 is 14.0 Å². The Bertz CT molecular complexity index is 304. The molecule has 6 heteroatoms. The number of methoxy groups -OCH3 is 2. The van der Waals surface area contributed by atoms with Gasteiger partial charge in [0.15, 0.2) is 5.82 Å². The lowest BCUT2D eigenvalue weighted by Gasteiger charge is -2.04. The van der Waals surface area contributed by atoms with Crippen molar-refractivity contribution in [1.82, 2.24) is 10.1 Å². The second kappa shape index (κ2) is 8.16. The van der Waals surface area contributed by atoms with E-state index in [0.29, 0.717) is 24.9 Å². The molecule has 0 aliphatic carbocycles. The molecule has 0 aromatic carbocycles. The molecule has 0 saturated carbocycles. The lowest BCUT2D eigenvalue weighted by Crippen LogP contribution is -2.11. The Labute approximate surface area is 101 Å². The summed E-state index contributed by atoms with van der Waals surface area (Å²) in [6.45, 7) is 1.40. The van der Waals surface area contributed by atoms with Crippen LogP contribution < -0.4 is 5.73 Å². The van der Waals surface area contributed by atoms with Gasteiger partial charge in [-0.3, -0.25) is 0 Å². The predicted molar refractivity (Wildman–Crippen MR) is 62.5 cm³/mol. The van der Waals surface area contributed by atoms with E-state index in [2.05, 4.69) is 10.1 Å². The summed E-state index contributed by atoms with van der Waals surface area (Å²) in [6, 6.07) is -0.200. The summed E-state index contributed by atoms with van der Waals surface area (Å²) in [5.74, 6) is 1.20. The summed E-state index contributed by atoms with van der Waals surface area (Å²) in [7, 11) is 3.35. The van der Waals surface area contributed by atoms with Gasteiger partial charge in [0.25, 0.3) is 0 Å². The van der Waals surface area contributed by atoms with Crippen molar-refractivity contribution in [2.45, 2.75) is 31.7 Å². The maximum Gasteiger partial charge on any atom is 0.243 e. The molecule has 0 fully saturated rings. The van der Waals surface area contributed by atoms with Gasteiger partial charge in [0.05, 0.1) is 6.04 Å². The Hall–Kier alpha value is -0.980. The molecule has 0 bridgehead atoms. The Kier molecular flexibility index (Phi) is 6.76. The van der Waals surface area contributed by atoms with Gasteiger partial charge in [-0.05, 0) is 19.3 Å². The lowest BCUT2D eigenvalue weighted by atomic mass is 10.2. The maximum atomic E-state index is 5.93. The smallest absolute Gasteiger partial charge is 0.243 e. The zero-order valence-electron chi connectivity index (χ0n) is 10.5. The van der Waals surface area contributed by atoms with Crippen LogP contribution in [0.3, 0.4) is 0 Å². The molecule has 1 unspecified atom stereocenters. The highest BCUT2D eigenvalue weighted by atomic mass is 16.5. The first kappa shape index (κ1) is 14.1. The highest BCUT2D eigenvalue weighted by Crippen LogP contribution is 2.14. The van der Waals surface area contributed by atoms with Crippen LogP contribution >= 0.6 is 0 Å². The number of hydrogen-bond acceptors (Lipinski definition) is 6. The van der Waals surface area contributed by atoms with E-state index in [1.165, 1.54) is 0 Å². The van der Waals surface area contributed by atoms with Gasteiger partial charge in [-0.1, -0.05) is 5.16 Å². The Morgan fingerprint density at radius 3 is 2.65 bits per heavy atom. The maximum absolute atomic E-state index is 5.93. The number of ether oxygens (including phenoxy) is 2. The first-order chi connectivity index (χ1) is 8.27. The van der Waals surface area contributed by atoms with Crippen LogP contribution in [0.25, 0.3) is 0 Å². The number of aryl methyl sites for hydroxylation is 1. The predicted octanol–water partition coefficient (Wildman–Crippen LogP) is 1.08. The van der Waals surface area contributed by atoms with Crippen LogP contribution in [-0.4, -0.2) is 37.6 Å². The summed E-state index contributed by atoms with van der Waals surface area (Å²) >= 11 is 0. The molecule has 1 atom stereocenters. The molecule has 6 nitrogen and oxygen atoms in total. The lowest BCUT2D eigenvalue weighted by molar-refractivity contribution is 0.188. The molecule has 1 aromatic rings. The average molecular weight is 243 g/mol. The summed E-state index contributed by atoms with van der Waals surface area (Å²) in [5.41, 5.74) is 5.93. The van der Waals surface area contributed by atoms with Crippen molar-refractivity contribution in [1.29, 1.82) is 0 Å². The Morgan fingerprint density at radius 2 is 1.94 bits per heavy atom. The largest absolute Gasteiger partial charge is 0.385 e. The molecule has 98 valence electrons. The van der Waals surface area contributed by atoms with E-state index >= 15 is 0 Å². The van der Waals surface area contributed by atoms with Crippen LogP contribution in [0, 0.1) is 0 Å². The normalized spacial score (nSPS) is 12.9. The fourth-order valence-electron chi connectivity index (χ4n) is 1.47. The third kappa shape index (κ3) is 5.25. The SMILES string of the molecule is COCCCc1noc(C(N)CCCOC)n1. The summed E-state index contributed by atoms with van der Waals surface area (Å²) in [4.78, 5) is 4.26. The van der Waals surface area contributed by atoms with Crippen molar-refractivity contribution in [3.63, 3.8) is 0 Å². The Morgan fingerprint density at radius 1 is 1.24 bits per heavy atom. The minimum Gasteiger partial charge on any atom is -0.385 e. The quantitative estimate of drug-likeness (QED) is 0.653. The minimum atomic E-state index is -0.200. The molecule has 0 saturated heterocycles. The van der Waals surface area contributed by atoms with Crippen LogP contribution in [-0.2, 0) is 15.9 Å². The molecule has 1 heterocycles. The van der Waals surface area contributed by atoms with Crippen molar-refractivity contribution in [3.8, 4) is 0 Å². The summed E-state index contributed by atoms with van der Waals surface area (Å²) in [5, 5.41) is 3.88. The molecule has 17 heavy (non-hydrogen) atoms. The minimum absolute atomic E-state index is 0.200. The molecule has 1 rings (SSSR count). The van der Waals surface area contributed by atoms with Gasteiger partial charge in [0.1, 0.15) is 0 Å². The zero-order valence-corrected chi connectivity index (χ0v) is 10.5. The molecule has 1 aromatic heterocycles. The van der Waals surface area contributed by atoms with E-state index in [9.17, 15) is 0 Å². The topological polar surface area (TPSA) is 83.4 Å². The van der Waals surface area contributed by atoms with E-state index in [1.807, 2.05) is 0 Å². The second-order valence-electron chi connectivity index (χ2n) is 3.89.